The highest BCUT2D eigenvalue weighted by atomic mass is 16.2. The first kappa shape index (κ1) is 24.2. The lowest BCUT2D eigenvalue weighted by Gasteiger charge is -2.30. The third kappa shape index (κ3) is 5.77. The zero-order valence-corrected chi connectivity index (χ0v) is 20.4. The van der Waals surface area contributed by atoms with Gasteiger partial charge >= 0.3 is 0 Å². The number of pyridine rings is 1. The highest BCUT2D eigenvalue weighted by molar-refractivity contribution is 5.93. The van der Waals surface area contributed by atoms with Crippen molar-refractivity contribution < 1.29 is 14.4 Å². The van der Waals surface area contributed by atoms with E-state index < -0.39 is 0 Å². The fourth-order valence-electron chi connectivity index (χ4n) is 4.38. The molecule has 0 saturated carbocycles. The number of nitrogens with one attached hydrogen (secondary N) is 1. The lowest BCUT2D eigenvalue weighted by atomic mass is 9.96. The van der Waals surface area contributed by atoms with Crippen LogP contribution in [0.4, 0.5) is 5.82 Å². The molecule has 8 heteroatoms. The molecule has 0 unspecified atom stereocenters. The predicted molar refractivity (Wildman–Crippen MR) is 136 cm³/mol. The molecule has 1 aliphatic rings. The van der Waals surface area contributed by atoms with E-state index in [1.165, 1.54) is 6.08 Å². The number of rotatable bonds is 6. The van der Waals surface area contributed by atoms with E-state index >= 15 is 0 Å². The highest BCUT2D eigenvalue weighted by Gasteiger charge is 2.26. The van der Waals surface area contributed by atoms with Crippen molar-refractivity contribution in [3.05, 3.63) is 66.0 Å². The fourth-order valence-corrected chi connectivity index (χ4v) is 4.38. The minimum Gasteiger partial charge on any atom is -0.346 e. The Bertz CT molecular complexity index is 1250. The molecule has 8 nitrogen and oxygen atoms in total. The number of hydrogen-bond acceptors (Lipinski definition) is 4. The van der Waals surface area contributed by atoms with Crippen LogP contribution in [-0.4, -0.2) is 57.2 Å². The molecular formula is C27H31N5O3. The Balaban J connectivity index is 1.29. The Hall–Kier alpha value is -3.94. The third-order valence-corrected chi connectivity index (χ3v) is 6.59. The average molecular weight is 474 g/mol. The van der Waals surface area contributed by atoms with Crippen molar-refractivity contribution in [1.29, 1.82) is 0 Å². The van der Waals surface area contributed by atoms with Gasteiger partial charge in [-0.05, 0) is 54.1 Å². The molecule has 35 heavy (non-hydrogen) atoms. The Kier molecular flexibility index (Phi) is 7.29. The van der Waals surface area contributed by atoms with Gasteiger partial charge in [-0.2, -0.15) is 0 Å². The van der Waals surface area contributed by atoms with Gasteiger partial charge in [0.05, 0.1) is 6.54 Å². The minimum absolute atomic E-state index is 0.0485. The molecule has 3 heterocycles. The van der Waals surface area contributed by atoms with Crippen molar-refractivity contribution in [2.24, 2.45) is 13.0 Å². The summed E-state index contributed by atoms with van der Waals surface area (Å²) in [6.45, 7) is 3.26. The molecule has 3 aromatic rings. The minimum atomic E-state index is -0.123. The van der Waals surface area contributed by atoms with Crippen molar-refractivity contribution in [3.63, 3.8) is 0 Å². The molecule has 0 spiro atoms. The van der Waals surface area contributed by atoms with Crippen LogP contribution in [0, 0.1) is 5.92 Å². The van der Waals surface area contributed by atoms with E-state index in [2.05, 4.69) is 33.1 Å². The number of likely N-dealkylation sites (tertiary alicyclic amines) is 1. The second-order valence-electron chi connectivity index (χ2n) is 9.03. The van der Waals surface area contributed by atoms with Crippen LogP contribution in [0.25, 0.3) is 17.0 Å². The Morgan fingerprint density at radius 3 is 2.54 bits per heavy atom. The largest absolute Gasteiger partial charge is 0.346 e. The van der Waals surface area contributed by atoms with Crippen LogP contribution in [0.1, 0.15) is 31.0 Å². The van der Waals surface area contributed by atoms with Crippen molar-refractivity contribution in [2.75, 3.05) is 25.5 Å². The molecule has 1 aliphatic heterocycles. The highest BCUT2D eigenvalue weighted by Crippen LogP contribution is 2.20. The monoisotopic (exact) mass is 473 g/mol. The first-order chi connectivity index (χ1) is 16.8. The van der Waals surface area contributed by atoms with E-state index in [0.717, 1.165) is 22.2 Å². The molecule has 1 saturated heterocycles. The Labute approximate surface area is 205 Å². The molecule has 1 fully saturated rings. The average Bonchev–Trinajstić information content (AvgIpc) is 3.18. The van der Waals surface area contributed by atoms with E-state index in [0.29, 0.717) is 38.3 Å². The number of fused-ring (bicyclic) bond motifs is 1. The Morgan fingerprint density at radius 1 is 1.14 bits per heavy atom. The molecule has 0 radical (unpaired) electrons. The number of carbonyl (C=O) groups is 3. The Morgan fingerprint density at radius 2 is 1.89 bits per heavy atom. The predicted octanol–water partition coefficient (Wildman–Crippen LogP) is 3.44. The van der Waals surface area contributed by atoms with Crippen LogP contribution < -0.4 is 5.32 Å². The van der Waals surface area contributed by atoms with Gasteiger partial charge in [0.2, 0.25) is 17.7 Å². The van der Waals surface area contributed by atoms with E-state index in [9.17, 15) is 14.4 Å². The number of para-hydroxylation sites is 1. The molecule has 2 aromatic heterocycles. The summed E-state index contributed by atoms with van der Waals surface area (Å²) in [4.78, 5) is 44.3. The standard InChI is InChI=1S/C27H31N5O3/c1-19(33)32-14-12-21(13-15-32)27(35)29-25-10-8-20(17-28-25)9-11-26(34)30(2)18-23-16-22-6-4-5-7-24(22)31(23)3/h4-11,16-17,21H,12-15,18H2,1-3H3,(H,28,29,35). The van der Waals surface area contributed by atoms with Crippen molar-refractivity contribution >= 4 is 40.5 Å². The number of nitrogens with zero attached hydrogens (tertiary/aromatic N) is 4. The van der Waals surface area contributed by atoms with E-state index in [-0.39, 0.29) is 23.6 Å². The molecule has 1 N–H and O–H groups in total. The van der Waals surface area contributed by atoms with E-state index in [1.807, 2.05) is 25.2 Å². The number of anilines is 1. The number of amides is 3. The van der Waals surface area contributed by atoms with Crippen molar-refractivity contribution in [3.8, 4) is 0 Å². The summed E-state index contributed by atoms with van der Waals surface area (Å²) in [7, 11) is 3.79. The number of aryl methyl sites for hydroxylation is 1. The molecule has 0 bridgehead atoms. The summed E-state index contributed by atoms with van der Waals surface area (Å²) in [6.07, 6.45) is 6.18. The molecule has 182 valence electrons. The zero-order valence-electron chi connectivity index (χ0n) is 20.4. The van der Waals surface area contributed by atoms with Crippen LogP contribution in [0.3, 0.4) is 0 Å². The van der Waals surface area contributed by atoms with Gasteiger partial charge in [0.1, 0.15) is 5.82 Å². The summed E-state index contributed by atoms with van der Waals surface area (Å²) < 4.78 is 2.10. The topological polar surface area (TPSA) is 87.5 Å². The molecule has 3 amide bonds. The SMILES string of the molecule is CC(=O)N1CCC(C(=O)Nc2ccc(C=CC(=O)N(C)Cc3cc4ccccc4n3C)cn2)CC1. The first-order valence-corrected chi connectivity index (χ1v) is 11.8. The zero-order chi connectivity index (χ0) is 24.9. The molecule has 0 atom stereocenters. The van der Waals surface area contributed by atoms with Gasteiger partial charge in [0.25, 0.3) is 0 Å². The lowest BCUT2D eigenvalue weighted by molar-refractivity contribution is -0.132. The van der Waals surface area contributed by atoms with Crippen LogP contribution in [0.2, 0.25) is 0 Å². The third-order valence-electron chi connectivity index (χ3n) is 6.59. The number of piperidine rings is 1. The number of benzene rings is 1. The maximum Gasteiger partial charge on any atom is 0.246 e. The van der Waals surface area contributed by atoms with Gasteiger partial charge in [-0.25, -0.2) is 4.98 Å². The van der Waals surface area contributed by atoms with Gasteiger partial charge in [-0.3, -0.25) is 14.4 Å². The second-order valence-corrected chi connectivity index (χ2v) is 9.03. The molecule has 4 rings (SSSR count). The number of hydrogen-bond donors (Lipinski definition) is 1. The molecular weight excluding hydrogens is 442 g/mol. The van der Waals surface area contributed by atoms with Gasteiger partial charge in [-0.1, -0.05) is 18.2 Å². The van der Waals surface area contributed by atoms with Crippen LogP contribution in [0.15, 0.2) is 54.7 Å². The van der Waals surface area contributed by atoms with Gasteiger partial charge < -0.3 is 19.7 Å². The second kappa shape index (κ2) is 10.5. The number of aromatic nitrogens is 2. The van der Waals surface area contributed by atoms with Crippen LogP contribution >= 0.6 is 0 Å². The number of carbonyl (C=O) groups excluding carboxylic acids is 3. The summed E-state index contributed by atoms with van der Waals surface area (Å²) in [5.41, 5.74) is 2.96. The smallest absolute Gasteiger partial charge is 0.246 e. The van der Waals surface area contributed by atoms with Gasteiger partial charge in [0, 0.05) is 63.5 Å². The molecule has 1 aromatic carbocycles. The molecule has 0 aliphatic carbocycles. The van der Waals surface area contributed by atoms with Gasteiger partial charge in [0.15, 0.2) is 0 Å². The summed E-state index contributed by atoms with van der Waals surface area (Å²) in [6, 6.07) is 13.8. The van der Waals surface area contributed by atoms with E-state index in [4.69, 9.17) is 0 Å². The van der Waals surface area contributed by atoms with Crippen molar-refractivity contribution in [1.82, 2.24) is 19.4 Å². The summed E-state index contributed by atoms with van der Waals surface area (Å²) in [5.74, 6) is 0.216. The maximum absolute atomic E-state index is 12.6. The first-order valence-electron chi connectivity index (χ1n) is 11.8. The van der Waals surface area contributed by atoms with Gasteiger partial charge in [-0.15, -0.1) is 0 Å². The quantitative estimate of drug-likeness (QED) is 0.556. The lowest BCUT2D eigenvalue weighted by Crippen LogP contribution is -2.40. The normalized spacial score (nSPS) is 14.4. The van der Waals surface area contributed by atoms with Crippen LogP contribution in [0.5, 0.6) is 0 Å². The summed E-state index contributed by atoms with van der Waals surface area (Å²) in [5, 5.41) is 4.01. The summed E-state index contributed by atoms with van der Waals surface area (Å²) >= 11 is 0. The fraction of sp³-hybridized carbons (Fsp3) is 0.333. The van der Waals surface area contributed by atoms with Crippen LogP contribution in [-0.2, 0) is 28.0 Å². The number of likely N-dealkylation sites (N-methyl/N-ethyl adjacent to an activating group) is 1. The maximum atomic E-state index is 12.6. The van der Waals surface area contributed by atoms with Crippen molar-refractivity contribution in [2.45, 2.75) is 26.3 Å². The van der Waals surface area contributed by atoms with E-state index in [1.54, 1.807) is 42.1 Å².